The molecule has 0 aromatic heterocycles. The van der Waals surface area contributed by atoms with E-state index in [9.17, 15) is 0 Å². The molecule has 0 amide bonds. The summed E-state index contributed by atoms with van der Waals surface area (Å²) in [4.78, 5) is 0. The van der Waals surface area contributed by atoms with E-state index in [0.29, 0.717) is 5.25 Å². The van der Waals surface area contributed by atoms with Crippen molar-refractivity contribution >= 4 is 11.8 Å². The maximum absolute atomic E-state index is 8.88. The van der Waals surface area contributed by atoms with E-state index < -0.39 is 0 Å². The third kappa shape index (κ3) is 3.08. The second kappa shape index (κ2) is 5.72. The van der Waals surface area contributed by atoms with Crippen LogP contribution in [0.2, 0.25) is 0 Å². The molecule has 0 unspecified atom stereocenters. The van der Waals surface area contributed by atoms with Crippen LogP contribution in [-0.4, -0.2) is 5.25 Å². The minimum atomic E-state index is 0.668. The van der Waals surface area contributed by atoms with E-state index in [1.807, 2.05) is 36.0 Å². The molecule has 2 heteroatoms. The van der Waals surface area contributed by atoms with Crippen molar-refractivity contribution in [2.45, 2.75) is 31.3 Å². The van der Waals surface area contributed by atoms with Crippen molar-refractivity contribution in [3.05, 3.63) is 35.4 Å². The van der Waals surface area contributed by atoms with Gasteiger partial charge in [0.2, 0.25) is 0 Å². The van der Waals surface area contributed by atoms with Crippen LogP contribution in [0, 0.1) is 11.3 Å². The first kappa shape index (κ1) is 11.1. The van der Waals surface area contributed by atoms with Crippen molar-refractivity contribution in [1.29, 1.82) is 5.26 Å². The number of hydrogen-bond acceptors (Lipinski definition) is 2. The van der Waals surface area contributed by atoms with Crippen LogP contribution in [0.5, 0.6) is 0 Å². The van der Waals surface area contributed by atoms with Crippen LogP contribution >= 0.6 is 11.8 Å². The van der Waals surface area contributed by atoms with Gasteiger partial charge in [0.1, 0.15) is 0 Å². The van der Waals surface area contributed by atoms with E-state index in [1.165, 1.54) is 6.42 Å². The summed E-state index contributed by atoms with van der Waals surface area (Å²) in [6.07, 6.45) is 1.18. The fourth-order valence-electron chi connectivity index (χ4n) is 1.11. The average Bonchev–Trinajstić information content (AvgIpc) is 2.26. The highest BCUT2D eigenvalue weighted by Crippen LogP contribution is 2.21. The van der Waals surface area contributed by atoms with Gasteiger partial charge in [0.25, 0.3) is 0 Å². The molecule has 0 heterocycles. The van der Waals surface area contributed by atoms with Crippen LogP contribution in [-0.2, 0) is 5.75 Å². The topological polar surface area (TPSA) is 23.8 Å². The largest absolute Gasteiger partial charge is 0.192 e. The van der Waals surface area contributed by atoms with Crippen molar-refractivity contribution in [3.8, 4) is 6.07 Å². The summed E-state index contributed by atoms with van der Waals surface area (Å²) in [6.45, 7) is 4.41. The fourth-order valence-corrected chi connectivity index (χ4v) is 2.06. The Morgan fingerprint density at radius 1 is 1.43 bits per heavy atom. The Balaban J connectivity index is 2.63. The molecule has 0 saturated heterocycles. The maximum Gasteiger partial charge on any atom is 0.0994 e. The smallest absolute Gasteiger partial charge is 0.0994 e. The van der Waals surface area contributed by atoms with Crippen molar-refractivity contribution in [2.24, 2.45) is 0 Å². The average molecular weight is 205 g/mol. The van der Waals surface area contributed by atoms with Crippen molar-refractivity contribution in [1.82, 2.24) is 0 Å². The van der Waals surface area contributed by atoms with Crippen LogP contribution in [0.1, 0.15) is 31.4 Å². The molecule has 74 valence electrons. The molecule has 0 spiro atoms. The van der Waals surface area contributed by atoms with E-state index in [4.69, 9.17) is 5.26 Å². The van der Waals surface area contributed by atoms with E-state index >= 15 is 0 Å². The third-order valence-corrected chi connectivity index (χ3v) is 3.62. The molecule has 0 aliphatic heterocycles. The fraction of sp³-hybridized carbons (Fsp3) is 0.417. The number of thioether (sulfide) groups is 1. The summed E-state index contributed by atoms with van der Waals surface area (Å²) < 4.78 is 0. The first-order valence-corrected chi connectivity index (χ1v) is 5.92. The highest BCUT2D eigenvalue weighted by atomic mass is 32.2. The Bertz CT molecular complexity index is 327. The standard InChI is InChI=1S/C12H15NS/c1-3-10(2)14-9-12-7-5-4-6-11(12)8-13/h4-7,10H,3,9H2,1-2H3/t10-/m0/s1. The van der Waals surface area contributed by atoms with Crippen LogP contribution < -0.4 is 0 Å². The Morgan fingerprint density at radius 3 is 2.79 bits per heavy atom. The van der Waals surface area contributed by atoms with Gasteiger partial charge in [-0.1, -0.05) is 32.0 Å². The minimum absolute atomic E-state index is 0.668. The highest BCUT2D eigenvalue weighted by molar-refractivity contribution is 7.99. The van der Waals surface area contributed by atoms with Gasteiger partial charge in [-0.2, -0.15) is 17.0 Å². The van der Waals surface area contributed by atoms with Gasteiger partial charge in [0.05, 0.1) is 11.6 Å². The second-order valence-electron chi connectivity index (χ2n) is 3.30. The Labute approximate surface area is 90.1 Å². The lowest BCUT2D eigenvalue weighted by Crippen LogP contribution is -1.95. The number of nitriles is 1. The van der Waals surface area contributed by atoms with E-state index in [-0.39, 0.29) is 0 Å². The highest BCUT2D eigenvalue weighted by Gasteiger charge is 2.03. The molecule has 1 aromatic rings. The molecule has 0 radical (unpaired) electrons. The lowest BCUT2D eigenvalue weighted by atomic mass is 10.1. The SMILES string of the molecule is CC[C@H](C)SCc1ccccc1C#N. The molecule has 0 saturated carbocycles. The molecule has 1 aromatic carbocycles. The Morgan fingerprint density at radius 2 is 2.14 bits per heavy atom. The van der Waals surface area contributed by atoms with Gasteiger partial charge in [-0.05, 0) is 18.1 Å². The molecule has 0 aliphatic carbocycles. The zero-order valence-corrected chi connectivity index (χ0v) is 9.47. The molecule has 1 rings (SSSR count). The predicted octanol–water partition coefficient (Wildman–Crippen LogP) is 3.59. The molecule has 14 heavy (non-hydrogen) atoms. The second-order valence-corrected chi connectivity index (χ2v) is 4.73. The summed E-state index contributed by atoms with van der Waals surface area (Å²) in [5, 5.41) is 9.55. The number of benzene rings is 1. The molecule has 0 aliphatic rings. The molecule has 0 bridgehead atoms. The lowest BCUT2D eigenvalue weighted by Gasteiger charge is -2.08. The van der Waals surface area contributed by atoms with E-state index in [0.717, 1.165) is 16.9 Å². The van der Waals surface area contributed by atoms with Crippen LogP contribution in [0.25, 0.3) is 0 Å². The Hall–Kier alpha value is -0.940. The third-order valence-electron chi connectivity index (χ3n) is 2.24. The van der Waals surface area contributed by atoms with Gasteiger partial charge in [-0.3, -0.25) is 0 Å². The molecule has 1 atom stereocenters. The van der Waals surface area contributed by atoms with Gasteiger partial charge in [-0.25, -0.2) is 0 Å². The first-order chi connectivity index (χ1) is 6.77. The lowest BCUT2D eigenvalue weighted by molar-refractivity contribution is 0.905. The van der Waals surface area contributed by atoms with E-state index in [2.05, 4.69) is 19.9 Å². The van der Waals surface area contributed by atoms with Crippen LogP contribution in [0.4, 0.5) is 0 Å². The zero-order valence-electron chi connectivity index (χ0n) is 8.66. The summed E-state index contributed by atoms with van der Waals surface area (Å²) in [6, 6.07) is 10.0. The normalized spacial score (nSPS) is 12.1. The number of hydrogen-bond donors (Lipinski definition) is 0. The monoisotopic (exact) mass is 205 g/mol. The Kier molecular flexibility index (Phi) is 4.55. The number of rotatable bonds is 4. The molecular formula is C12H15NS. The van der Waals surface area contributed by atoms with Crippen LogP contribution in [0.15, 0.2) is 24.3 Å². The number of nitrogens with zero attached hydrogens (tertiary/aromatic N) is 1. The molecular weight excluding hydrogens is 190 g/mol. The molecule has 0 fully saturated rings. The van der Waals surface area contributed by atoms with E-state index in [1.54, 1.807) is 0 Å². The zero-order chi connectivity index (χ0) is 10.4. The van der Waals surface area contributed by atoms with Gasteiger partial charge >= 0.3 is 0 Å². The molecule has 0 N–H and O–H groups in total. The molecule has 1 nitrogen and oxygen atoms in total. The predicted molar refractivity (Wildman–Crippen MR) is 62.2 cm³/mol. The van der Waals surface area contributed by atoms with Crippen molar-refractivity contribution < 1.29 is 0 Å². The van der Waals surface area contributed by atoms with Crippen molar-refractivity contribution in [2.75, 3.05) is 0 Å². The van der Waals surface area contributed by atoms with Crippen LogP contribution in [0.3, 0.4) is 0 Å². The quantitative estimate of drug-likeness (QED) is 0.750. The summed E-state index contributed by atoms with van der Waals surface area (Å²) in [5.41, 5.74) is 1.96. The van der Waals surface area contributed by atoms with Crippen molar-refractivity contribution in [3.63, 3.8) is 0 Å². The van der Waals surface area contributed by atoms with Gasteiger partial charge in [0, 0.05) is 11.0 Å². The first-order valence-electron chi connectivity index (χ1n) is 4.87. The van der Waals surface area contributed by atoms with Gasteiger partial charge in [0.15, 0.2) is 0 Å². The summed E-state index contributed by atoms with van der Waals surface area (Å²) in [7, 11) is 0. The minimum Gasteiger partial charge on any atom is -0.192 e. The van der Waals surface area contributed by atoms with Gasteiger partial charge in [-0.15, -0.1) is 0 Å². The summed E-state index contributed by atoms with van der Waals surface area (Å²) >= 11 is 1.91. The van der Waals surface area contributed by atoms with Gasteiger partial charge < -0.3 is 0 Å². The summed E-state index contributed by atoms with van der Waals surface area (Å²) in [5.74, 6) is 0.943. The maximum atomic E-state index is 8.88.